The van der Waals surface area contributed by atoms with Gasteiger partial charge in [-0.1, -0.05) is 6.07 Å². The zero-order valence-electron chi connectivity index (χ0n) is 9.08. The molecule has 0 saturated heterocycles. The minimum Gasteiger partial charge on any atom is -0.508 e. The highest BCUT2D eigenvalue weighted by atomic mass is 16.3. The number of amides is 1. The summed E-state index contributed by atoms with van der Waals surface area (Å²) in [4.78, 5) is 17.0. The lowest BCUT2D eigenvalue weighted by atomic mass is 10.3. The summed E-state index contributed by atoms with van der Waals surface area (Å²) in [7, 11) is 1.57. The molecule has 0 unspecified atom stereocenters. The van der Waals surface area contributed by atoms with E-state index in [0.29, 0.717) is 5.69 Å². The molecule has 7 nitrogen and oxygen atoms in total. The van der Waals surface area contributed by atoms with Crippen LogP contribution in [-0.4, -0.2) is 33.2 Å². The van der Waals surface area contributed by atoms with Crippen LogP contribution in [0.3, 0.4) is 0 Å². The number of benzene rings is 1. The number of aromatic amines is 1. The third-order valence-electron chi connectivity index (χ3n) is 2.23. The second kappa shape index (κ2) is 4.12. The predicted molar refractivity (Wildman–Crippen MR) is 61.6 cm³/mol. The highest BCUT2D eigenvalue weighted by molar-refractivity contribution is 6.03. The number of nitrogens with zero attached hydrogens (tertiary/aromatic N) is 3. The summed E-state index contributed by atoms with van der Waals surface area (Å²) < 4.78 is 0. The number of phenolic OH excluding ortho intramolecular Hbond substituents is 1. The first kappa shape index (κ1) is 10.9. The molecule has 17 heavy (non-hydrogen) atoms. The van der Waals surface area contributed by atoms with E-state index in [-0.39, 0.29) is 23.4 Å². The molecule has 88 valence electrons. The van der Waals surface area contributed by atoms with Crippen LogP contribution in [0.2, 0.25) is 0 Å². The van der Waals surface area contributed by atoms with E-state index in [0.717, 1.165) is 0 Å². The second-order valence-corrected chi connectivity index (χ2v) is 3.43. The van der Waals surface area contributed by atoms with Crippen molar-refractivity contribution in [1.82, 2.24) is 15.2 Å². The lowest BCUT2D eigenvalue weighted by molar-refractivity contribution is 0.0983. The lowest BCUT2D eigenvalue weighted by Crippen LogP contribution is -2.27. The number of H-pyrrole nitrogens is 1. The SMILES string of the molecule is CN(C(=O)c1nc(N)n[nH]1)c1cccc(O)c1. The van der Waals surface area contributed by atoms with E-state index in [1.54, 1.807) is 19.2 Å². The molecule has 1 aromatic heterocycles. The van der Waals surface area contributed by atoms with Crippen molar-refractivity contribution >= 4 is 17.5 Å². The number of nitrogens with two attached hydrogens (primary N) is 1. The molecular formula is C10H11N5O2. The van der Waals surface area contributed by atoms with E-state index >= 15 is 0 Å². The van der Waals surface area contributed by atoms with E-state index in [1.165, 1.54) is 17.0 Å². The molecule has 7 heteroatoms. The number of hydrogen-bond donors (Lipinski definition) is 3. The molecule has 0 fully saturated rings. The van der Waals surface area contributed by atoms with Gasteiger partial charge in [0.25, 0.3) is 5.91 Å². The van der Waals surface area contributed by atoms with Gasteiger partial charge in [-0.05, 0) is 12.1 Å². The Bertz CT molecular complexity index is 551. The highest BCUT2D eigenvalue weighted by Gasteiger charge is 2.17. The number of phenols is 1. The molecule has 1 aromatic carbocycles. The van der Waals surface area contributed by atoms with Crippen LogP contribution < -0.4 is 10.6 Å². The lowest BCUT2D eigenvalue weighted by Gasteiger charge is -2.15. The van der Waals surface area contributed by atoms with E-state index in [2.05, 4.69) is 15.2 Å². The molecule has 2 rings (SSSR count). The third-order valence-corrected chi connectivity index (χ3v) is 2.23. The maximum Gasteiger partial charge on any atom is 0.295 e. The fraction of sp³-hybridized carbons (Fsp3) is 0.100. The van der Waals surface area contributed by atoms with Gasteiger partial charge in [0, 0.05) is 18.8 Å². The van der Waals surface area contributed by atoms with Crippen LogP contribution in [0.1, 0.15) is 10.6 Å². The van der Waals surface area contributed by atoms with Crippen molar-refractivity contribution in [3.05, 3.63) is 30.1 Å². The first-order chi connectivity index (χ1) is 8.08. The van der Waals surface area contributed by atoms with Crippen molar-refractivity contribution in [3.63, 3.8) is 0 Å². The van der Waals surface area contributed by atoms with Gasteiger partial charge in [-0.3, -0.25) is 9.89 Å². The number of hydrogen-bond acceptors (Lipinski definition) is 5. The Balaban J connectivity index is 2.26. The van der Waals surface area contributed by atoms with Crippen LogP contribution in [0.25, 0.3) is 0 Å². The first-order valence-corrected chi connectivity index (χ1v) is 4.83. The fourth-order valence-corrected chi connectivity index (χ4v) is 1.35. The summed E-state index contributed by atoms with van der Waals surface area (Å²) in [6, 6.07) is 6.33. The Kier molecular flexibility index (Phi) is 2.65. The molecule has 0 bridgehead atoms. The number of carbonyl (C=O) groups is 1. The summed E-state index contributed by atoms with van der Waals surface area (Å²) in [6.07, 6.45) is 0. The van der Waals surface area contributed by atoms with E-state index < -0.39 is 0 Å². The van der Waals surface area contributed by atoms with Crippen LogP contribution in [-0.2, 0) is 0 Å². The van der Waals surface area contributed by atoms with Crippen molar-refractivity contribution in [2.45, 2.75) is 0 Å². The van der Waals surface area contributed by atoms with Crippen molar-refractivity contribution in [2.75, 3.05) is 17.7 Å². The highest BCUT2D eigenvalue weighted by Crippen LogP contribution is 2.19. The van der Waals surface area contributed by atoms with Gasteiger partial charge in [0.2, 0.25) is 11.8 Å². The average molecular weight is 233 g/mol. The van der Waals surface area contributed by atoms with Gasteiger partial charge in [-0.15, -0.1) is 5.10 Å². The first-order valence-electron chi connectivity index (χ1n) is 4.83. The monoisotopic (exact) mass is 233 g/mol. The molecule has 0 aliphatic rings. The van der Waals surface area contributed by atoms with Crippen molar-refractivity contribution in [3.8, 4) is 5.75 Å². The number of anilines is 2. The van der Waals surface area contributed by atoms with Crippen LogP contribution >= 0.6 is 0 Å². The maximum absolute atomic E-state index is 11.9. The minimum absolute atomic E-state index is 0.0117. The molecular weight excluding hydrogens is 222 g/mol. The summed E-state index contributed by atoms with van der Waals surface area (Å²) in [5.41, 5.74) is 5.86. The number of aromatic hydroxyl groups is 1. The van der Waals surface area contributed by atoms with Crippen molar-refractivity contribution in [2.24, 2.45) is 0 Å². The number of nitrogen functional groups attached to an aromatic ring is 1. The Morgan fingerprint density at radius 3 is 2.88 bits per heavy atom. The van der Waals surface area contributed by atoms with Gasteiger partial charge < -0.3 is 15.7 Å². The van der Waals surface area contributed by atoms with Crippen LogP contribution in [0.5, 0.6) is 5.75 Å². The number of carbonyl (C=O) groups excluding carboxylic acids is 1. The minimum atomic E-state index is -0.389. The Labute approximate surface area is 96.9 Å². The molecule has 0 aliphatic carbocycles. The van der Waals surface area contributed by atoms with E-state index in [1.807, 2.05) is 0 Å². The van der Waals surface area contributed by atoms with Gasteiger partial charge in [0.05, 0.1) is 0 Å². The molecule has 0 saturated carbocycles. The third kappa shape index (κ3) is 2.17. The van der Waals surface area contributed by atoms with Gasteiger partial charge in [-0.25, -0.2) is 0 Å². The summed E-state index contributed by atoms with van der Waals surface area (Å²) in [6.45, 7) is 0. The van der Waals surface area contributed by atoms with Crippen LogP contribution in [0.4, 0.5) is 11.6 Å². The standard InChI is InChI=1S/C10H11N5O2/c1-15(6-3-2-4-7(16)5-6)9(17)8-12-10(11)14-13-8/h2-5,16H,1H3,(H3,11,12,13,14). The van der Waals surface area contributed by atoms with Gasteiger partial charge in [0.1, 0.15) is 5.75 Å². The summed E-state index contributed by atoms with van der Waals surface area (Å²) >= 11 is 0. The Morgan fingerprint density at radius 1 is 1.53 bits per heavy atom. The molecule has 0 aliphatic heterocycles. The molecule has 1 amide bonds. The van der Waals surface area contributed by atoms with E-state index in [4.69, 9.17) is 5.73 Å². The van der Waals surface area contributed by atoms with Gasteiger partial charge in [0.15, 0.2) is 0 Å². The summed E-state index contributed by atoms with van der Waals surface area (Å²) in [5.74, 6) is -0.245. The molecule has 0 atom stereocenters. The Hall–Kier alpha value is -2.57. The zero-order chi connectivity index (χ0) is 12.4. The maximum atomic E-state index is 11.9. The normalized spacial score (nSPS) is 10.2. The van der Waals surface area contributed by atoms with Crippen LogP contribution in [0.15, 0.2) is 24.3 Å². The predicted octanol–water partition coefficient (Wildman–Crippen LogP) is 0.369. The molecule has 1 heterocycles. The summed E-state index contributed by atoms with van der Waals surface area (Å²) in [5, 5.41) is 15.3. The van der Waals surface area contributed by atoms with Gasteiger partial charge in [-0.2, -0.15) is 4.98 Å². The number of aromatic nitrogens is 3. The fourth-order valence-electron chi connectivity index (χ4n) is 1.35. The number of rotatable bonds is 2. The van der Waals surface area contributed by atoms with Crippen molar-refractivity contribution < 1.29 is 9.90 Å². The van der Waals surface area contributed by atoms with Crippen molar-refractivity contribution in [1.29, 1.82) is 0 Å². The molecule has 2 aromatic rings. The number of nitrogens with one attached hydrogen (secondary N) is 1. The van der Waals surface area contributed by atoms with Crippen LogP contribution in [0, 0.1) is 0 Å². The zero-order valence-corrected chi connectivity index (χ0v) is 9.08. The smallest absolute Gasteiger partial charge is 0.295 e. The quantitative estimate of drug-likeness (QED) is 0.694. The largest absolute Gasteiger partial charge is 0.508 e. The van der Waals surface area contributed by atoms with Gasteiger partial charge >= 0.3 is 0 Å². The topological polar surface area (TPSA) is 108 Å². The Morgan fingerprint density at radius 2 is 2.29 bits per heavy atom. The second-order valence-electron chi connectivity index (χ2n) is 3.43. The molecule has 4 N–H and O–H groups in total. The molecule has 0 radical (unpaired) electrons. The molecule has 0 spiro atoms. The van der Waals surface area contributed by atoms with E-state index in [9.17, 15) is 9.90 Å². The average Bonchev–Trinajstić information content (AvgIpc) is 2.74.